The van der Waals surface area contributed by atoms with Gasteiger partial charge < -0.3 is 15.4 Å². The molecule has 98 valence electrons. The summed E-state index contributed by atoms with van der Waals surface area (Å²) < 4.78 is 18.1. The summed E-state index contributed by atoms with van der Waals surface area (Å²) in [5, 5.41) is 5.95. The molecule has 1 heterocycles. The minimum absolute atomic E-state index is 0.120. The van der Waals surface area contributed by atoms with Crippen molar-refractivity contribution in [1.29, 1.82) is 0 Å². The fraction of sp³-hybridized carbons (Fsp3) is 0.462. The van der Waals surface area contributed by atoms with Gasteiger partial charge in [0.15, 0.2) is 0 Å². The van der Waals surface area contributed by atoms with Crippen LogP contribution in [-0.2, 0) is 4.79 Å². The highest BCUT2D eigenvalue weighted by Crippen LogP contribution is 2.27. The van der Waals surface area contributed by atoms with Gasteiger partial charge in [-0.15, -0.1) is 0 Å². The van der Waals surface area contributed by atoms with Gasteiger partial charge in [0, 0.05) is 6.07 Å². The summed E-state index contributed by atoms with van der Waals surface area (Å²) in [5.74, 6) is -0.190. The van der Waals surface area contributed by atoms with Crippen LogP contribution in [0, 0.1) is 5.82 Å². The molecular formula is C13H17FN2O2. The van der Waals surface area contributed by atoms with E-state index in [1.54, 1.807) is 0 Å². The smallest absolute Gasteiger partial charge is 0.244 e. The summed E-state index contributed by atoms with van der Waals surface area (Å²) in [7, 11) is 1.44. The fourth-order valence-corrected chi connectivity index (χ4v) is 2.12. The van der Waals surface area contributed by atoms with E-state index in [0.717, 1.165) is 19.4 Å². The average Bonchev–Trinajstić information content (AvgIpc) is 2.79. The van der Waals surface area contributed by atoms with Crippen LogP contribution in [-0.4, -0.2) is 25.1 Å². The van der Waals surface area contributed by atoms with Crippen molar-refractivity contribution in [1.82, 2.24) is 5.32 Å². The van der Waals surface area contributed by atoms with Gasteiger partial charge >= 0.3 is 0 Å². The van der Waals surface area contributed by atoms with Crippen LogP contribution in [0.15, 0.2) is 18.2 Å². The number of methoxy groups -OCH3 is 1. The summed E-state index contributed by atoms with van der Waals surface area (Å²) in [5.41, 5.74) is -0.0711. The molecule has 5 heteroatoms. The zero-order chi connectivity index (χ0) is 13.2. The molecule has 1 amide bonds. The Morgan fingerprint density at radius 2 is 2.33 bits per heavy atom. The minimum atomic E-state index is -0.556. The van der Waals surface area contributed by atoms with E-state index in [1.807, 2.05) is 6.92 Å². The number of anilines is 1. The molecule has 0 spiro atoms. The Morgan fingerprint density at radius 3 is 2.94 bits per heavy atom. The van der Waals surface area contributed by atoms with E-state index < -0.39 is 11.4 Å². The highest BCUT2D eigenvalue weighted by atomic mass is 19.1. The molecule has 1 aromatic carbocycles. The molecule has 1 aromatic rings. The molecule has 1 fully saturated rings. The van der Waals surface area contributed by atoms with Gasteiger partial charge in [0.1, 0.15) is 11.6 Å². The lowest BCUT2D eigenvalue weighted by molar-refractivity contribution is -0.121. The van der Waals surface area contributed by atoms with E-state index in [2.05, 4.69) is 10.6 Å². The molecule has 0 saturated carbocycles. The second-order valence-corrected chi connectivity index (χ2v) is 4.66. The highest BCUT2D eigenvalue weighted by Gasteiger charge is 2.36. The molecule has 0 aromatic heterocycles. The molecule has 1 aliphatic rings. The van der Waals surface area contributed by atoms with Crippen LogP contribution in [0.3, 0.4) is 0 Å². The predicted octanol–water partition coefficient (Wildman–Crippen LogP) is 1.91. The lowest BCUT2D eigenvalue weighted by atomic mass is 9.99. The van der Waals surface area contributed by atoms with E-state index >= 15 is 0 Å². The first-order chi connectivity index (χ1) is 8.55. The van der Waals surface area contributed by atoms with Gasteiger partial charge in [-0.25, -0.2) is 4.39 Å². The van der Waals surface area contributed by atoms with Crippen molar-refractivity contribution in [2.75, 3.05) is 19.0 Å². The third-order valence-corrected chi connectivity index (χ3v) is 3.28. The van der Waals surface area contributed by atoms with Gasteiger partial charge in [-0.2, -0.15) is 0 Å². The lowest BCUT2D eigenvalue weighted by Gasteiger charge is -2.23. The van der Waals surface area contributed by atoms with Crippen LogP contribution >= 0.6 is 0 Å². The Hall–Kier alpha value is -1.62. The number of carbonyl (C=O) groups excluding carboxylic acids is 1. The maximum atomic E-state index is 13.0. The summed E-state index contributed by atoms with van der Waals surface area (Å²) in [6.45, 7) is 2.70. The zero-order valence-electron chi connectivity index (χ0n) is 10.5. The van der Waals surface area contributed by atoms with Crippen LogP contribution in [0.5, 0.6) is 5.75 Å². The van der Waals surface area contributed by atoms with Gasteiger partial charge in [0.2, 0.25) is 5.91 Å². The number of ether oxygens (including phenoxy) is 1. The van der Waals surface area contributed by atoms with Gasteiger partial charge in [0.05, 0.1) is 18.3 Å². The van der Waals surface area contributed by atoms with E-state index in [-0.39, 0.29) is 5.91 Å². The number of carbonyl (C=O) groups is 1. The first kappa shape index (κ1) is 12.8. The van der Waals surface area contributed by atoms with Crippen molar-refractivity contribution < 1.29 is 13.9 Å². The maximum absolute atomic E-state index is 13.0. The molecule has 0 aliphatic carbocycles. The van der Waals surface area contributed by atoms with Crippen LogP contribution < -0.4 is 15.4 Å². The Morgan fingerprint density at radius 1 is 1.56 bits per heavy atom. The second-order valence-electron chi connectivity index (χ2n) is 4.66. The molecule has 4 nitrogen and oxygen atoms in total. The molecule has 1 atom stereocenters. The summed E-state index contributed by atoms with van der Waals surface area (Å²) >= 11 is 0. The Bertz CT molecular complexity index is 456. The number of amides is 1. The third-order valence-electron chi connectivity index (χ3n) is 3.28. The van der Waals surface area contributed by atoms with E-state index in [4.69, 9.17) is 4.74 Å². The summed E-state index contributed by atoms with van der Waals surface area (Å²) in [6, 6.07) is 4.05. The first-order valence-electron chi connectivity index (χ1n) is 5.95. The number of hydrogen-bond acceptors (Lipinski definition) is 3. The average molecular weight is 252 g/mol. The van der Waals surface area contributed by atoms with E-state index in [0.29, 0.717) is 11.4 Å². The molecule has 1 aliphatic heterocycles. The van der Waals surface area contributed by atoms with Crippen molar-refractivity contribution in [2.45, 2.75) is 25.3 Å². The highest BCUT2D eigenvalue weighted by molar-refractivity contribution is 5.99. The van der Waals surface area contributed by atoms with Crippen LogP contribution in [0.1, 0.15) is 19.8 Å². The Labute approximate surface area is 106 Å². The van der Waals surface area contributed by atoms with Gasteiger partial charge in [-0.1, -0.05) is 0 Å². The van der Waals surface area contributed by atoms with E-state index in [9.17, 15) is 9.18 Å². The van der Waals surface area contributed by atoms with Crippen LogP contribution in [0.25, 0.3) is 0 Å². The van der Waals surface area contributed by atoms with Crippen molar-refractivity contribution in [3.05, 3.63) is 24.0 Å². The predicted molar refractivity (Wildman–Crippen MR) is 67.2 cm³/mol. The minimum Gasteiger partial charge on any atom is -0.494 e. The second kappa shape index (κ2) is 4.94. The summed E-state index contributed by atoms with van der Waals surface area (Å²) in [6.07, 6.45) is 1.77. The van der Waals surface area contributed by atoms with Crippen molar-refractivity contribution in [3.63, 3.8) is 0 Å². The molecule has 18 heavy (non-hydrogen) atoms. The fourth-order valence-electron chi connectivity index (χ4n) is 2.12. The molecule has 2 rings (SSSR count). The molecule has 0 bridgehead atoms. The summed E-state index contributed by atoms with van der Waals surface area (Å²) in [4.78, 5) is 12.2. The zero-order valence-corrected chi connectivity index (χ0v) is 10.5. The van der Waals surface area contributed by atoms with E-state index in [1.165, 1.54) is 25.3 Å². The van der Waals surface area contributed by atoms with Crippen LogP contribution in [0.2, 0.25) is 0 Å². The van der Waals surface area contributed by atoms with Gasteiger partial charge in [-0.05, 0) is 38.4 Å². The number of rotatable bonds is 3. The largest absolute Gasteiger partial charge is 0.494 e. The molecule has 1 unspecified atom stereocenters. The number of nitrogens with one attached hydrogen (secondary N) is 2. The molecule has 2 N–H and O–H groups in total. The van der Waals surface area contributed by atoms with Crippen molar-refractivity contribution >= 4 is 11.6 Å². The lowest BCUT2D eigenvalue weighted by Crippen LogP contribution is -2.48. The molecular weight excluding hydrogens is 235 g/mol. The third kappa shape index (κ3) is 2.46. The Kier molecular flexibility index (Phi) is 3.52. The molecule has 0 radical (unpaired) electrons. The quantitative estimate of drug-likeness (QED) is 0.864. The normalized spacial score (nSPS) is 22.8. The number of halogens is 1. The first-order valence-corrected chi connectivity index (χ1v) is 5.95. The topological polar surface area (TPSA) is 50.4 Å². The monoisotopic (exact) mass is 252 g/mol. The standard InChI is InChI=1S/C13H17FN2O2/c1-13(6-3-7-15-13)12(17)16-10-5-4-9(14)8-11(10)18-2/h4-5,8,15H,3,6-7H2,1-2H3,(H,16,17). The van der Waals surface area contributed by atoms with Crippen molar-refractivity contribution in [2.24, 2.45) is 0 Å². The van der Waals surface area contributed by atoms with Crippen LogP contribution in [0.4, 0.5) is 10.1 Å². The van der Waals surface area contributed by atoms with Gasteiger partial charge in [0.25, 0.3) is 0 Å². The van der Waals surface area contributed by atoms with Crippen molar-refractivity contribution in [3.8, 4) is 5.75 Å². The van der Waals surface area contributed by atoms with Gasteiger partial charge in [-0.3, -0.25) is 4.79 Å². The Balaban J connectivity index is 2.16. The molecule has 1 saturated heterocycles. The number of hydrogen-bond donors (Lipinski definition) is 2. The maximum Gasteiger partial charge on any atom is 0.244 e. The SMILES string of the molecule is COc1cc(F)ccc1NC(=O)C1(C)CCCN1. The number of benzene rings is 1.